The number of fused-ring (bicyclic) bond motifs is 1. The summed E-state index contributed by atoms with van der Waals surface area (Å²) in [7, 11) is 0. The van der Waals surface area contributed by atoms with Gasteiger partial charge in [-0.05, 0) is 62.1 Å². The molecule has 36 heavy (non-hydrogen) atoms. The van der Waals surface area contributed by atoms with Crippen molar-refractivity contribution in [2.24, 2.45) is 0 Å². The van der Waals surface area contributed by atoms with Gasteiger partial charge in [-0.1, -0.05) is 74.4 Å². The van der Waals surface area contributed by atoms with Crippen LogP contribution >= 0.6 is 0 Å². The van der Waals surface area contributed by atoms with Crippen molar-refractivity contribution in [1.29, 1.82) is 0 Å². The Morgan fingerprint density at radius 1 is 0.972 bits per heavy atom. The van der Waals surface area contributed by atoms with Crippen molar-refractivity contribution in [2.75, 3.05) is 6.54 Å². The molecule has 1 unspecified atom stereocenters. The number of aromatic nitrogens is 2. The van der Waals surface area contributed by atoms with Gasteiger partial charge < -0.3 is 4.90 Å². The Hall–Kier alpha value is -3.73. The minimum atomic E-state index is -0.358. The molecule has 0 aliphatic carbocycles. The highest BCUT2D eigenvalue weighted by molar-refractivity contribution is 5.79. The molecule has 0 saturated carbocycles. The molecule has 0 saturated heterocycles. The Kier molecular flexibility index (Phi) is 8.32. The van der Waals surface area contributed by atoms with Crippen molar-refractivity contribution in [3.63, 3.8) is 0 Å². The first-order valence-corrected chi connectivity index (χ1v) is 12.9. The molecule has 3 aromatic carbocycles. The summed E-state index contributed by atoms with van der Waals surface area (Å²) in [5, 5.41) is 0.572. The summed E-state index contributed by atoms with van der Waals surface area (Å²) < 4.78 is 1.69. The Labute approximate surface area is 213 Å². The van der Waals surface area contributed by atoms with E-state index in [0.29, 0.717) is 36.1 Å². The quantitative estimate of drug-likeness (QED) is 0.246. The van der Waals surface area contributed by atoms with Crippen LogP contribution in [0.3, 0.4) is 0 Å². The van der Waals surface area contributed by atoms with Crippen molar-refractivity contribution in [3.05, 3.63) is 106 Å². The molecule has 0 bridgehead atoms. The van der Waals surface area contributed by atoms with Crippen molar-refractivity contribution in [1.82, 2.24) is 14.5 Å². The first-order valence-electron chi connectivity index (χ1n) is 12.9. The summed E-state index contributed by atoms with van der Waals surface area (Å²) in [5.74, 6) is 0.675. The fourth-order valence-corrected chi connectivity index (χ4v) is 4.69. The van der Waals surface area contributed by atoms with E-state index in [4.69, 9.17) is 4.98 Å². The van der Waals surface area contributed by atoms with Crippen molar-refractivity contribution < 1.29 is 4.79 Å². The first kappa shape index (κ1) is 25.4. The third kappa shape index (κ3) is 5.73. The number of hydrogen-bond acceptors (Lipinski definition) is 3. The average Bonchev–Trinajstić information content (AvgIpc) is 2.90. The van der Waals surface area contributed by atoms with Gasteiger partial charge in [0.25, 0.3) is 5.56 Å². The topological polar surface area (TPSA) is 55.2 Å². The van der Waals surface area contributed by atoms with Crippen LogP contribution in [0.25, 0.3) is 16.6 Å². The van der Waals surface area contributed by atoms with E-state index < -0.39 is 0 Å². The van der Waals surface area contributed by atoms with Crippen LogP contribution in [0.1, 0.15) is 62.5 Å². The van der Waals surface area contributed by atoms with Gasteiger partial charge in [-0.25, -0.2) is 4.98 Å². The van der Waals surface area contributed by atoms with E-state index in [2.05, 4.69) is 19.1 Å². The van der Waals surface area contributed by atoms with E-state index in [0.717, 1.165) is 36.1 Å². The zero-order valence-corrected chi connectivity index (χ0v) is 21.5. The predicted molar refractivity (Wildman–Crippen MR) is 146 cm³/mol. The van der Waals surface area contributed by atoms with E-state index in [1.54, 1.807) is 4.57 Å². The Balaban J connectivity index is 1.76. The van der Waals surface area contributed by atoms with Gasteiger partial charge >= 0.3 is 0 Å². The standard InChI is InChI=1S/C31H35N3O2/c1-4-5-11-21-33(29(35)20-19-25-14-7-6-8-15-25)24(3)30-32-28-18-10-9-17-27(28)31(36)34(30)26-16-12-13-23(2)22-26/h6-10,12-18,22,24H,4-5,11,19-21H2,1-3H3. The Morgan fingerprint density at radius 3 is 2.47 bits per heavy atom. The van der Waals surface area contributed by atoms with Gasteiger partial charge in [-0.3, -0.25) is 14.2 Å². The third-order valence-electron chi connectivity index (χ3n) is 6.70. The van der Waals surface area contributed by atoms with Crippen LogP contribution in [0.4, 0.5) is 0 Å². The summed E-state index contributed by atoms with van der Waals surface area (Å²) in [5.41, 5.74) is 3.51. The minimum Gasteiger partial charge on any atom is -0.333 e. The average molecular weight is 482 g/mol. The SMILES string of the molecule is CCCCCN(C(=O)CCc1ccccc1)C(C)c1nc2ccccc2c(=O)n1-c1cccc(C)c1. The Bertz CT molecular complexity index is 1380. The monoisotopic (exact) mass is 481 g/mol. The van der Waals surface area contributed by atoms with Crippen LogP contribution in [-0.4, -0.2) is 26.9 Å². The number of amides is 1. The normalized spacial score (nSPS) is 12.0. The number of nitrogens with zero attached hydrogens (tertiary/aromatic N) is 3. The fourth-order valence-electron chi connectivity index (χ4n) is 4.69. The molecule has 0 N–H and O–H groups in total. The molecule has 1 heterocycles. The van der Waals surface area contributed by atoms with E-state index in [1.165, 1.54) is 0 Å². The maximum Gasteiger partial charge on any atom is 0.266 e. The molecule has 0 spiro atoms. The molecule has 186 valence electrons. The molecular weight excluding hydrogens is 446 g/mol. The summed E-state index contributed by atoms with van der Waals surface area (Å²) in [4.78, 5) is 34.2. The second kappa shape index (κ2) is 11.8. The van der Waals surface area contributed by atoms with Crippen LogP contribution < -0.4 is 5.56 Å². The largest absolute Gasteiger partial charge is 0.333 e. The molecule has 1 amide bonds. The van der Waals surface area contributed by atoms with Crippen LogP contribution in [0.5, 0.6) is 0 Å². The number of carbonyl (C=O) groups excluding carboxylic acids is 1. The smallest absolute Gasteiger partial charge is 0.266 e. The van der Waals surface area contributed by atoms with Gasteiger partial charge in [0.05, 0.1) is 22.6 Å². The summed E-state index contributed by atoms with van der Waals surface area (Å²) in [6.45, 7) is 6.80. The van der Waals surface area contributed by atoms with Crippen molar-refractivity contribution in [3.8, 4) is 5.69 Å². The van der Waals surface area contributed by atoms with Crippen LogP contribution in [0.15, 0.2) is 83.7 Å². The molecule has 0 aliphatic rings. The van der Waals surface area contributed by atoms with Crippen LogP contribution in [0, 0.1) is 6.92 Å². The molecular formula is C31H35N3O2. The zero-order chi connectivity index (χ0) is 25.5. The number of unbranched alkanes of at least 4 members (excludes halogenated alkanes) is 2. The number of aryl methyl sites for hydroxylation is 2. The molecule has 5 heteroatoms. The Morgan fingerprint density at radius 2 is 1.72 bits per heavy atom. The number of hydrogen-bond donors (Lipinski definition) is 0. The molecule has 4 aromatic rings. The van der Waals surface area contributed by atoms with Crippen molar-refractivity contribution in [2.45, 2.75) is 58.9 Å². The summed E-state index contributed by atoms with van der Waals surface area (Å²) in [6.07, 6.45) is 4.14. The predicted octanol–water partition coefficient (Wildman–Crippen LogP) is 6.41. The van der Waals surface area contributed by atoms with Crippen LogP contribution in [0.2, 0.25) is 0 Å². The molecule has 5 nitrogen and oxygen atoms in total. The minimum absolute atomic E-state index is 0.0839. The number of benzene rings is 3. The third-order valence-corrected chi connectivity index (χ3v) is 6.70. The zero-order valence-electron chi connectivity index (χ0n) is 21.5. The maximum atomic E-state index is 13.7. The lowest BCUT2D eigenvalue weighted by molar-refractivity contribution is -0.133. The molecule has 0 fully saturated rings. The molecule has 0 radical (unpaired) electrons. The number of carbonyl (C=O) groups is 1. The van der Waals surface area contributed by atoms with Crippen molar-refractivity contribution >= 4 is 16.8 Å². The lowest BCUT2D eigenvalue weighted by Crippen LogP contribution is -2.38. The second-order valence-corrected chi connectivity index (χ2v) is 9.42. The highest BCUT2D eigenvalue weighted by Gasteiger charge is 2.26. The maximum absolute atomic E-state index is 13.7. The van der Waals surface area contributed by atoms with E-state index >= 15 is 0 Å². The van der Waals surface area contributed by atoms with Gasteiger partial charge in [-0.15, -0.1) is 0 Å². The van der Waals surface area contributed by atoms with Crippen LogP contribution in [-0.2, 0) is 11.2 Å². The van der Waals surface area contributed by atoms with E-state index in [1.807, 2.05) is 85.5 Å². The van der Waals surface area contributed by atoms with E-state index in [-0.39, 0.29) is 17.5 Å². The second-order valence-electron chi connectivity index (χ2n) is 9.42. The number of rotatable bonds is 10. The molecule has 1 aromatic heterocycles. The summed E-state index contributed by atoms with van der Waals surface area (Å²) >= 11 is 0. The lowest BCUT2D eigenvalue weighted by Gasteiger charge is -2.31. The van der Waals surface area contributed by atoms with Gasteiger partial charge in [-0.2, -0.15) is 0 Å². The van der Waals surface area contributed by atoms with Gasteiger partial charge in [0.15, 0.2) is 0 Å². The molecule has 1 atom stereocenters. The van der Waals surface area contributed by atoms with Gasteiger partial charge in [0.2, 0.25) is 5.91 Å². The lowest BCUT2D eigenvalue weighted by atomic mass is 10.1. The van der Waals surface area contributed by atoms with E-state index in [9.17, 15) is 9.59 Å². The number of para-hydroxylation sites is 1. The van der Waals surface area contributed by atoms with Gasteiger partial charge in [0.1, 0.15) is 5.82 Å². The highest BCUT2D eigenvalue weighted by atomic mass is 16.2. The van der Waals surface area contributed by atoms with Gasteiger partial charge in [0, 0.05) is 13.0 Å². The molecule has 4 rings (SSSR count). The highest BCUT2D eigenvalue weighted by Crippen LogP contribution is 2.25. The first-order chi connectivity index (χ1) is 17.5. The fraction of sp³-hybridized carbons (Fsp3) is 0.323. The molecule has 0 aliphatic heterocycles. The summed E-state index contributed by atoms with van der Waals surface area (Å²) in [6, 6.07) is 25.1.